The van der Waals surface area contributed by atoms with Gasteiger partial charge in [0.25, 0.3) is 0 Å². The number of carbonyl (C=O) groups is 1. The maximum absolute atomic E-state index is 12.1. The number of halogens is 4. The molecule has 1 aromatic rings. The highest BCUT2D eigenvalue weighted by atomic mass is 79.9. The summed E-state index contributed by atoms with van der Waals surface area (Å²) in [6.45, 7) is 0.148. The number of ether oxygens (including phenoxy) is 1. The molecular weight excluding hydrogens is 331 g/mol. The first kappa shape index (κ1) is 15.8. The summed E-state index contributed by atoms with van der Waals surface area (Å²) in [6, 6.07) is 4.09. The van der Waals surface area contributed by atoms with Gasteiger partial charge in [0.1, 0.15) is 5.75 Å². The number of benzene rings is 1. The van der Waals surface area contributed by atoms with Gasteiger partial charge in [-0.1, -0.05) is 6.07 Å². The van der Waals surface area contributed by atoms with Crippen molar-refractivity contribution in [2.45, 2.75) is 12.9 Å². The van der Waals surface area contributed by atoms with Gasteiger partial charge >= 0.3 is 12.3 Å². The van der Waals surface area contributed by atoms with Crippen molar-refractivity contribution < 1.29 is 27.8 Å². The molecule has 0 unspecified atom stereocenters. The molecule has 0 aliphatic carbocycles. The summed E-state index contributed by atoms with van der Waals surface area (Å²) in [5.74, 6) is -1.31. The molecule has 0 heterocycles. The Balaban J connectivity index is 2.74. The molecule has 106 valence electrons. The zero-order valence-electron chi connectivity index (χ0n) is 9.87. The summed E-state index contributed by atoms with van der Waals surface area (Å²) in [5.41, 5.74) is 0.671. The van der Waals surface area contributed by atoms with Gasteiger partial charge in [0, 0.05) is 6.54 Å². The van der Waals surface area contributed by atoms with Crippen molar-refractivity contribution in [3.63, 3.8) is 0 Å². The monoisotopic (exact) mass is 341 g/mol. The van der Waals surface area contributed by atoms with Crippen LogP contribution >= 0.6 is 15.9 Å². The van der Waals surface area contributed by atoms with Crippen LogP contribution in [-0.4, -0.2) is 35.9 Å². The minimum atomic E-state index is -4.75. The van der Waals surface area contributed by atoms with E-state index in [0.717, 1.165) is 0 Å². The van der Waals surface area contributed by atoms with Gasteiger partial charge in [-0.15, -0.1) is 13.2 Å². The molecule has 0 saturated carbocycles. The summed E-state index contributed by atoms with van der Waals surface area (Å²) in [5, 5.41) is 8.59. The predicted molar refractivity (Wildman–Crippen MR) is 64.8 cm³/mol. The second-order valence-electron chi connectivity index (χ2n) is 3.88. The summed E-state index contributed by atoms with van der Waals surface area (Å²) in [6.07, 6.45) is -4.75. The van der Waals surface area contributed by atoms with E-state index in [1.165, 1.54) is 23.1 Å². The molecule has 4 nitrogen and oxygen atoms in total. The zero-order valence-corrected chi connectivity index (χ0v) is 11.5. The minimum absolute atomic E-state index is 0.154. The van der Waals surface area contributed by atoms with Gasteiger partial charge in [0.05, 0.1) is 11.0 Å². The number of aliphatic carboxylic acids is 1. The van der Waals surface area contributed by atoms with E-state index in [0.29, 0.717) is 12.1 Å². The van der Waals surface area contributed by atoms with Crippen molar-refractivity contribution >= 4 is 21.9 Å². The van der Waals surface area contributed by atoms with E-state index in [-0.39, 0.29) is 16.8 Å². The Hall–Kier alpha value is -1.28. The number of carboxylic acids is 1. The molecule has 1 rings (SSSR count). The number of carboxylic acid groups (broad SMARTS) is 1. The fourth-order valence-corrected chi connectivity index (χ4v) is 1.96. The van der Waals surface area contributed by atoms with Gasteiger partial charge < -0.3 is 9.84 Å². The molecule has 0 bridgehead atoms. The van der Waals surface area contributed by atoms with E-state index < -0.39 is 12.3 Å². The van der Waals surface area contributed by atoms with Gasteiger partial charge in [-0.2, -0.15) is 0 Å². The summed E-state index contributed by atoms with van der Waals surface area (Å²) < 4.78 is 40.1. The third-order valence-electron chi connectivity index (χ3n) is 2.08. The molecule has 0 aromatic heterocycles. The van der Waals surface area contributed by atoms with E-state index in [9.17, 15) is 18.0 Å². The molecule has 0 spiro atoms. The van der Waals surface area contributed by atoms with Crippen molar-refractivity contribution in [2.24, 2.45) is 0 Å². The van der Waals surface area contributed by atoms with E-state index in [1.54, 1.807) is 7.05 Å². The Labute approximate surface area is 115 Å². The second kappa shape index (κ2) is 6.25. The zero-order chi connectivity index (χ0) is 14.6. The molecule has 8 heteroatoms. The number of likely N-dealkylation sites (N-methyl/N-ethyl adjacent to an activating group) is 1. The quantitative estimate of drug-likeness (QED) is 0.894. The molecule has 0 amide bonds. The molecule has 0 aliphatic heterocycles. The maximum Gasteiger partial charge on any atom is 0.573 e. The standard InChI is InChI=1S/C11H11BrF3NO3/c1-16(6-10(17)18)5-7-2-3-9(8(12)4-7)19-11(13,14)15/h2-4H,5-6H2,1H3,(H,17,18). The van der Waals surface area contributed by atoms with Crippen molar-refractivity contribution in [2.75, 3.05) is 13.6 Å². The first-order valence-electron chi connectivity index (χ1n) is 5.12. The SMILES string of the molecule is CN(CC(=O)O)Cc1ccc(OC(F)(F)F)c(Br)c1. The molecule has 0 fully saturated rings. The van der Waals surface area contributed by atoms with Gasteiger partial charge in [0.2, 0.25) is 0 Å². The average molecular weight is 342 g/mol. The Morgan fingerprint density at radius 1 is 1.47 bits per heavy atom. The fraction of sp³-hybridized carbons (Fsp3) is 0.364. The molecular formula is C11H11BrF3NO3. The molecule has 0 radical (unpaired) electrons. The number of hydrogen-bond acceptors (Lipinski definition) is 3. The molecule has 1 aromatic carbocycles. The first-order chi connectivity index (χ1) is 8.67. The lowest BCUT2D eigenvalue weighted by atomic mass is 10.2. The second-order valence-corrected chi connectivity index (χ2v) is 4.73. The van der Waals surface area contributed by atoms with E-state index in [2.05, 4.69) is 20.7 Å². The van der Waals surface area contributed by atoms with Crippen LogP contribution in [0.3, 0.4) is 0 Å². The summed E-state index contributed by atoms with van der Waals surface area (Å²) in [4.78, 5) is 12.0. The highest BCUT2D eigenvalue weighted by Gasteiger charge is 2.31. The van der Waals surface area contributed by atoms with Crippen LogP contribution in [0.4, 0.5) is 13.2 Å². The van der Waals surface area contributed by atoms with Crippen LogP contribution in [0.2, 0.25) is 0 Å². The van der Waals surface area contributed by atoms with Crippen LogP contribution in [0.1, 0.15) is 5.56 Å². The molecule has 0 saturated heterocycles. The lowest BCUT2D eigenvalue weighted by molar-refractivity contribution is -0.274. The van der Waals surface area contributed by atoms with Crippen molar-refractivity contribution in [3.05, 3.63) is 28.2 Å². The molecule has 0 aliphatic rings. The van der Waals surface area contributed by atoms with Crippen LogP contribution in [0.15, 0.2) is 22.7 Å². The smallest absolute Gasteiger partial charge is 0.480 e. The summed E-state index contributed by atoms with van der Waals surface area (Å²) >= 11 is 2.98. The number of hydrogen-bond donors (Lipinski definition) is 1. The lowest BCUT2D eigenvalue weighted by Crippen LogP contribution is -2.25. The van der Waals surface area contributed by atoms with Crippen molar-refractivity contribution in [3.8, 4) is 5.75 Å². The molecule has 0 atom stereocenters. The Bertz CT molecular complexity index is 465. The van der Waals surface area contributed by atoms with Crippen LogP contribution in [0.25, 0.3) is 0 Å². The van der Waals surface area contributed by atoms with Crippen LogP contribution in [0.5, 0.6) is 5.75 Å². The predicted octanol–water partition coefficient (Wildman–Crippen LogP) is 2.86. The number of nitrogens with zero attached hydrogens (tertiary/aromatic N) is 1. The third-order valence-corrected chi connectivity index (χ3v) is 2.70. The van der Waals surface area contributed by atoms with Crippen molar-refractivity contribution in [1.82, 2.24) is 4.90 Å². The minimum Gasteiger partial charge on any atom is -0.480 e. The van der Waals surface area contributed by atoms with Crippen LogP contribution in [-0.2, 0) is 11.3 Å². The topological polar surface area (TPSA) is 49.8 Å². The average Bonchev–Trinajstić information content (AvgIpc) is 2.19. The van der Waals surface area contributed by atoms with Gasteiger partial charge in [-0.05, 0) is 40.7 Å². The van der Waals surface area contributed by atoms with E-state index in [1.807, 2.05) is 0 Å². The Kier molecular flexibility index (Phi) is 5.19. The normalized spacial score (nSPS) is 11.7. The largest absolute Gasteiger partial charge is 0.573 e. The van der Waals surface area contributed by atoms with Crippen LogP contribution < -0.4 is 4.74 Å². The van der Waals surface area contributed by atoms with Gasteiger partial charge in [-0.3, -0.25) is 9.69 Å². The highest BCUT2D eigenvalue weighted by Crippen LogP contribution is 2.31. The Morgan fingerprint density at radius 3 is 2.58 bits per heavy atom. The van der Waals surface area contributed by atoms with Crippen LogP contribution in [0, 0.1) is 0 Å². The fourth-order valence-electron chi connectivity index (χ4n) is 1.45. The van der Waals surface area contributed by atoms with Gasteiger partial charge in [0.15, 0.2) is 0 Å². The first-order valence-corrected chi connectivity index (χ1v) is 5.91. The summed E-state index contributed by atoms with van der Waals surface area (Å²) in [7, 11) is 1.60. The number of rotatable bonds is 5. The maximum atomic E-state index is 12.1. The van der Waals surface area contributed by atoms with E-state index in [4.69, 9.17) is 5.11 Å². The number of alkyl halides is 3. The van der Waals surface area contributed by atoms with E-state index >= 15 is 0 Å². The molecule has 19 heavy (non-hydrogen) atoms. The molecule has 1 N–H and O–H groups in total. The van der Waals surface area contributed by atoms with Crippen molar-refractivity contribution in [1.29, 1.82) is 0 Å². The van der Waals surface area contributed by atoms with Gasteiger partial charge in [-0.25, -0.2) is 0 Å². The lowest BCUT2D eigenvalue weighted by Gasteiger charge is -2.15. The Morgan fingerprint density at radius 2 is 2.11 bits per heavy atom. The highest BCUT2D eigenvalue weighted by molar-refractivity contribution is 9.10. The third kappa shape index (κ3) is 5.93.